The van der Waals surface area contributed by atoms with Gasteiger partial charge in [-0.25, -0.2) is 0 Å². The average Bonchev–Trinajstić information content (AvgIpc) is 2.49. The first kappa shape index (κ1) is 7.20. The maximum atomic E-state index is 8.73. The van der Waals surface area contributed by atoms with E-state index in [9.17, 15) is 0 Å². The molecule has 2 nitrogen and oxygen atoms in total. The summed E-state index contributed by atoms with van der Waals surface area (Å²) in [7, 11) is 0. The van der Waals surface area contributed by atoms with Crippen LogP contribution in [0.25, 0.3) is 5.52 Å². The van der Waals surface area contributed by atoms with Crippen molar-refractivity contribution in [2.24, 2.45) is 0 Å². The third-order valence-electron chi connectivity index (χ3n) is 1.75. The monoisotopic (exact) mass is 176 g/mol. The standard InChI is InChI=1S/C9H5ClN2/c10-8-2-1-4-12-5-3-7(6-11)9(8)12/h1-5H. The predicted octanol–water partition coefficient (Wildman–Crippen LogP) is 2.46. The van der Waals surface area contributed by atoms with Crippen LogP contribution < -0.4 is 0 Å². The Hall–Kier alpha value is -1.46. The van der Waals surface area contributed by atoms with Crippen molar-refractivity contribution in [3.05, 3.63) is 41.2 Å². The van der Waals surface area contributed by atoms with Gasteiger partial charge >= 0.3 is 0 Å². The quantitative estimate of drug-likeness (QED) is 0.606. The fourth-order valence-corrected chi connectivity index (χ4v) is 1.49. The van der Waals surface area contributed by atoms with E-state index in [1.54, 1.807) is 12.1 Å². The summed E-state index contributed by atoms with van der Waals surface area (Å²) in [6.07, 6.45) is 3.68. The number of hydrogen-bond donors (Lipinski definition) is 0. The molecule has 0 aliphatic carbocycles. The number of halogens is 1. The van der Waals surface area contributed by atoms with Crippen LogP contribution in [0.4, 0.5) is 0 Å². The van der Waals surface area contributed by atoms with Gasteiger partial charge in [0.15, 0.2) is 0 Å². The summed E-state index contributed by atoms with van der Waals surface area (Å²) in [6.45, 7) is 0. The first-order valence-electron chi connectivity index (χ1n) is 3.48. The lowest BCUT2D eigenvalue weighted by atomic mass is 10.3. The van der Waals surface area contributed by atoms with Crippen molar-refractivity contribution in [3.63, 3.8) is 0 Å². The summed E-state index contributed by atoms with van der Waals surface area (Å²) >= 11 is 5.91. The molecule has 0 amide bonds. The van der Waals surface area contributed by atoms with Crippen LogP contribution in [-0.4, -0.2) is 4.40 Å². The summed E-state index contributed by atoms with van der Waals surface area (Å²) in [4.78, 5) is 0. The van der Waals surface area contributed by atoms with Gasteiger partial charge in [0.2, 0.25) is 0 Å². The van der Waals surface area contributed by atoms with E-state index in [4.69, 9.17) is 16.9 Å². The molecular weight excluding hydrogens is 172 g/mol. The second kappa shape index (κ2) is 2.54. The molecule has 2 aromatic heterocycles. The average molecular weight is 177 g/mol. The second-order valence-corrected chi connectivity index (χ2v) is 2.86. The number of aromatic nitrogens is 1. The minimum Gasteiger partial charge on any atom is -0.321 e. The molecule has 2 heterocycles. The minimum absolute atomic E-state index is 0.610. The lowest BCUT2D eigenvalue weighted by molar-refractivity contribution is 1.20. The van der Waals surface area contributed by atoms with Gasteiger partial charge in [0.05, 0.1) is 16.1 Å². The van der Waals surface area contributed by atoms with Crippen molar-refractivity contribution < 1.29 is 0 Å². The first-order valence-corrected chi connectivity index (χ1v) is 3.86. The van der Waals surface area contributed by atoms with Gasteiger partial charge in [-0.15, -0.1) is 0 Å². The SMILES string of the molecule is N#Cc1ccn2cccc(Cl)c12. The Morgan fingerprint density at radius 3 is 2.92 bits per heavy atom. The number of nitrogens with zero attached hydrogens (tertiary/aromatic N) is 2. The van der Waals surface area contributed by atoms with Crippen molar-refractivity contribution in [2.75, 3.05) is 0 Å². The van der Waals surface area contributed by atoms with Crippen LogP contribution in [0.2, 0.25) is 5.02 Å². The third kappa shape index (κ3) is 0.876. The minimum atomic E-state index is 0.610. The molecule has 0 aliphatic rings. The zero-order valence-corrected chi connectivity index (χ0v) is 6.92. The van der Waals surface area contributed by atoms with Crippen LogP contribution in [0.1, 0.15) is 5.56 Å². The fourth-order valence-electron chi connectivity index (χ4n) is 1.21. The lowest BCUT2D eigenvalue weighted by Crippen LogP contribution is -1.81. The lowest BCUT2D eigenvalue weighted by Gasteiger charge is -1.95. The highest BCUT2D eigenvalue weighted by molar-refractivity contribution is 6.34. The number of fused-ring (bicyclic) bond motifs is 1. The van der Waals surface area contributed by atoms with Crippen LogP contribution in [0, 0.1) is 11.3 Å². The molecule has 12 heavy (non-hydrogen) atoms. The van der Waals surface area contributed by atoms with Gasteiger partial charge in [0, 0.05) is 12.4 Å². The second-order valence-electron chi connectivity index (χ2n) is 2.45. The van der Waals surface area contributed by atoms with Gasteiger partial charge in [0.1, 0.15) is 6.07 Å². The van der Waals surface area contributed by atoms with Gasteiger partial charge in [-0.05, 0) is 18.2 Å². The number of pyridine rings is 1. The summed E-state index contributed by atoms with van der Waals surface area (Å²) < 4.78 is 1.83. The zero-order chi connectivity index (χ0) is 8.55. The van der Waals surface area contributed by atoms with E-state index in [2.05, 4.69) is 6.07 Å². The molecule has 58 valence electrons. The van der Waals surface area contributed by atoms with E-state index in [1.165, 1.54) is 0 Å². The Labute approximate surface area is 74.6 Å². The largest absolute Gasteiger partial charge is 0.321 e. The van der Waals surface area contributed by atoms with E-state index >= 15 is 0 Å². The molecule has 3 heteroatoms. The van der Waals surface area contributed by atoms with E-state index < -0.39 is 0 Å². The molecule has 0 aromatic carbocycles. The Balaban J connectivity index is 2.95. The van der Waals surface area contributed by atoms with Crippen molar-refractivity contribution >= 4 is 17.1 Å². The Morgan fingerprint density at radius 2 is 2.17 bits per heavy atom. The normalized spacial score (nSPS) is 10.0. The van der Waals surface area contributed by atoms with E-state index in [0.717, 1.165) is 5.52 Å². The number of hydrogen-bond acceptors (Lipinski definition) is 1. The van der Waals surface area contributed by atoms with Crippen LogP contribution >= 0.6 is 11.6 Å². The molecule has 0 saturated carbocycles. The van der Waals surface area contributed by atoms with E-state index in [1.807, 2.05) is 22.9 Å². The molecule has 0 fully saturated rings. The van der Waals surface area contributed by atoms with Gasteiger partial charge in [-0.2, -0.15) is 5.26 Å². The van der Waals surface area contributed by atoms with E-state index in [0.29, 0.717) is 10.6 Å². The molecule has 0 atom stereocenters. The molecule has 0 saturated heterocycles. The highest BCUT2D eigenvalue weighted by atomic mass is 35.5. The molecule has 0 bridgehead atoms. The molecule has 2 rings (SSSR count). The summed E-state index contributed by atoms with van der Waals surface area (Å²) in [5, 5.41) is 9.34. The summed E-state index contributed by atoms with van der Waals surface area (Å²) in [5.41, 5.74) is 1.39. The van der Waals surface area contributed by atoms with Crippen molar-refractivity contribution in [3.8, 4) is 6.07 Å². The number of nitriles is 1. The Kier molecular flexibility index (Phi) is 1.53. The van der Waals surface area contributed by atoms with Crippen molar-refractivity contribution in [1.29, 1.82) is 5.26 Å². The molecule has 0 unspecified atom stereocenters. The zero-order valence-electron chi connectivity index (χ0n) is 6.16. The van der Waals surface area contributed by atoms with Crippen molar-refractivity contribution in [1.82, 2.24) is 4.40 Å². The molecule has 0 spiro atoms. The summed E-state index contributed by atoms with van der Waals surface area (Å²) in [6, 6.07) is 7.46. The van der Waals surface area contributed by atoms with Crippen molar-refractivity contribution in [2.45, 2.75) is 0 Å². The number of rotatable bonds is 0. The van der Waals surface area contributed by atoms with E-state index in [-0.39, 0.29) is 0 Å². The van der Waals surface area contributed by atoms with Crippen LogP contribution in [0.15, 0.2) is 30.6 Å². The van der Waals surface area contributed by atoms with Crippen LogP contribution in [0.3, 0.4) is 0 Å². The molecule has 0 N–H and O–H groups in total. The van der Waals surface area contributed by atoms with Crippen LogP contribution in [0.5, 0.6) is 0 Å². The first-order chi connectivity index (χ1) is 5.83. The highest BCUT2D eigenvalue weighted by Crippen LogP contribution is 2.20. The van der Waals surface area contributed by atoms with Gasteiger partial charge in [0.25, 0.3) is 0 Å². The highest BCUT2D eigenvalue weighted by Gasteiger charge is 2.03. The smallest absolute Gasteiger partial charge is 0.101 e. The Bertz CT molecular complexity index is 465. The molecular formula is C9H5ClN2. The Morgan fingerprint density at radius 1 is 1.33 bits per heavy atom. The fraction of sp³-hybridized carbons (Fsp3) is 0. The predicted molar refractivity (Wildman–Crippen MR) is 47.1 cm³/mol. The molecule has 0 radical (unpaired) electrons. The molecule has 0 aliphatic heterocycles. The third-order valence-corrected chi connectivity index (χ3v) is 2.06. The topological polar surface area (TPSA) is 28.2 Å². The summed E-state index contributed by atoms with van der Waals surface area (Å²) in [5.74, 6) is 0. The van der Waals surface area contributed by atoms with Crippen LogP contribution in [-0.2, 0) is 0 Å². The van der Waals surface area contributed by atoms with Gasteiger partial charge in [-0.1, -0.05) is 11.6 Å². The van der Waals surface area contributed by atoms with Gasteiger partial charge in [-0.3, -0.25) is 0 Å². The maximum absolute atomic E-state index is 8.73. The van der Waals surface area contributed by atoms with Gasteiger partial charge < -0.3 is 4.40 Å². The molecule has 2 aromatic rings. The maximum Gasteiger partial charge on any atom is 0.101 e.